The lowest BCUT2D eigenvalue weighted by atomic mass is 10.1. The van der Waals surface area contributed by atoms with Crippen LogP contribution in [0, 0.1) is 6.92 Å². The van der Waals surface area contributed by atoms with Crippen LogP contribution >= 0.6 is 0 Å². The van der Waals surface area contributed by atoms with Gasteiger partial charge in [0.1, 0.15) is 5.75 Å². The molecular weight excluding hydrogens is 392 g/mol. The van der Waals surface area contributed by atoms with Gasteiger partial charge < -0.3 is 18.8 Å². The molecule has 1 fully saturated rings. The van der Waals surface area contributed by atoms with Crippen molar-refractivity contribution in [3.8, 4) is 17.2 Å². The number of rotatable bonds is 5. The quantitative estimate of drug-likeness (QED) is 0.633. The Morgan fingerprint density at radius 2 is 1.72 bits per heavy atom. The van der Waals surface area contributed by atoms with Crippen LogP contribution in [0.25, 0.3) is 11.5 Å². The molecule has 3 aromatic rings. The average Bonchev–Trinajstić information content (AvgIpc) is 3.21. The molecule has 2 heterocycles. The highest BCUT2D eigenvalue weighted by Gasteiger charge is 2.32. The molecule has 0 radical (unpaired) electrons. The van der Waals surface area contributed by atoms with E-state index in [2.05, 4.69) is 4.98 Å². The molecule has 1 saturated heterocycles. The third kappa shape index (κ3) is 3.73. The molecule has 0 N–H and O–H groups in total. The van der Waals surface area contributed by atoms with Crippen LogP contribution in [-0.2, 0) is 14.6 Å². The zero-order chi connectivity index (χ0) is 20.4. The zero-order valence-corrected chi connectivity index (χ0v) is 17.1. The van der Waals surface area contributed by atoms with Crippen LogP contribution < -0.4 is 9.64 Å². The van der Waals surface area contributed by atoms with Crippen LogP contribution in [0.3, 0.4) is 0 Å². The van der Waals surface area contributed by atoms with Crippen molar-refractivity contribution in [2.75, 3.05) is 38.3 Å². The molecule has 0 saturated carbocycles. The van der Waals surface area contributed by atoms with E-state index < -0.39 is 9.84 Å². The number of sulfone groups is 1. The van der Waals surface area contributed by atoms with Gasteiger partial charge in [0.25, 0.3) is 0 Å². The van der Waals surface area contributed by atoms with Gasteiger partial charge in [-0.05, 0) is 42.8 Å². The molecule has 0 spiro atoms. The van der Waals surface area contributed by atoms with Crippen molar-refractivity contribution in [2.24, 2.45) is 0 Å². The Balaban J connectivity index is 1.84. The third-order valence-corrected chi connectivity index (χ3v) is 6.55. The topological polar surface area (TPSA) is 81.9 Å². The van der Waals surface area contributed by atoms with Crippen LogP contribution in [0.2, 0.25) is 0 Å². The molecule has 1 aliphatic rings. The molecule has 29 heavy (non-hydrogen) atoms. The molecule has 7 nitrogen and oxygen atoms in total. The van der Waals surface area contributed by atoms with Gasteiger partial charge in [-0.3, -0.25) is 0 Å². The average molecular weight is 414 g/mol. The number of hydrogen-bond acceptors (Lipinski definition) is 7. The summed E-state index contributed by atoms with van der Waals surface area (Å²) in [6.45, 7) is 4.01. The highest BCUT2D eigenvalue weighted by molar-refractivity contribution is 7.91. The van der Waals surface area contributed by atoms with E-state index in [1.54, 1.807) is 12.1 Å². The summed E-state index contributed by atoms with van der Waals surface area (Å²) in [5, 5.41) is -0.0807. The normalized spacial score (nSPS) is 14.8. The van der Waals surface area contributed by atoms with Crippen molar-refractivity contribution in [3.63, 3.8) is 0 Å². The third-order valence-electron chi connectivity index (χ3n) is 4.88. The number of aryl methyl sites for hydroxylation is 1. The lowest BCUT2D eigenvalue weighted by molar-refractivity contribution is 0.120. The first kappa shape index (κ1) is 19.5. The molecule has 1 aromatic heterocycles. The Morgan fingerprint density at radius 3 is 2.38 bits per heavy atom. The van der Waals surface area contributed by atoms with Crippen molar-refractivity contribution < 1.29 is 22.3 Å². The minimum absolute atomic E-state index is 0.0807. The maximum Gasteiger partial charge on any atom is 0.236 e. The van der Waals surface area contributed by atoms with E-state index in [1.807, 2.05) is 36.1 Å². The van der Waals surface area contributed by atoms with Crippen LogP contribution in [-0.4, -0.2) is 46.8 Å². The second kappa shape index (κ2) is 7.88. The van der Waals surface area contributed by atoms with Crippen molar-refractivity contribution >= 4 is 15.7 Å². The maximum absolute atomic E-state index is 13.4. The monoisotopic (exact) mass is 414 g/mol. The molecule has 152 valence electrons. The van der Waals surface area contributed by atoms with E-state index in [0.717, 1.165) is 11.1 Å². The fourth-order valence-corrected chi connectivity index (χ4v) is 4.56. The van der Waals surface area contributed by atoms with Crippen molar-refractivity contribution in [1.82, 2.24) is 4.98 Å². The van der Waals surface area contributed by atoms with Gasteiger partial charge in [-0.1, -0.05) is 18.2 Å². The predicted octanol–water partition coefficient (Wildman–Crippen LogP) is 3.33. The second-order valence-electron chi connectivity index (χ2n) is 6.72. The summed E-state index contributed by atoms with van der Waals surface area (Å²) in [6, 6.07) is 13.9. The molecule has 0 atom stereocenters. The summed E-state index contributed by atoms with van der Waals surface area (Å²) in [4.78, 5) is 6.45. The Kier molecular flexibility index (Phi) is 5.29. The number of benzene rings is 2. The lowest BCUT2D eigenvalue weighted by Crippen LogP contribution is -2.36. The van der Waals surface area contributed by atoms with Gasteiger partial charge in [0, 0.05) is 18.7 Å². The highest BCUT2D eigenvalue weighted by atomic mass is 32.2. The van der Waals surface area contributed by atoms with Gasteiger partial charge in [-0.15, -0.1) is 0 Å². The number of methoxy groups -OCH3 is 1. The summed E-state index contributed by atoms with van der Waals surface area (Å²) in [5.74, 6) is 1.12. The minimum atomic E-state index is -3.89. The molecule has 0 bridgehead atoms. The van der Waals surface area contributed by atoms with Crippen LogP contribution in [0.1, 0.15) is 5.56 Å². The first-order valence-corrected chi connectivity index (χ1v) is 10.8. The summed E-state index contributed by atoms with van der Waals surface area (Å²) in [7, 11) is -2.35. The molecule has 1 aliphatic heterocycles. The van der Waals surface area contributed by atoms with Gasteiger partial charge in [-0.25, -0.2) is 8.42 Å². The SMILES string of the molecule is COc1ccc(S(=O)(=O)c2nc(-c3ccccc3C)oc2N2CCOCC2)cc1. The summed E-state index contributed by atoms with van der Waals surface area (Å²) >= 11 is 0. The fourth-order valence-electron chi connectivity index (χ4n) is 3.23. The molecule has 8 heteroatoms. The van der Waals surface area contributed by atoms with E-state index in [1.165, 1.54) is 19.2 Å². The van der Waals surface area contributed by atoms with Gasteiger partial charge in [-0.2, -0.15) is 4.98 Å². The Hall–Kier alpha value is -2.84. The molecule has 4 rings (SSSR count). The Labute approximate surface area is 169 Å². The number of hydrogen-bond donors (Lipinski definition) is 0. The first-order valence-electron chi connectivity index (χ1n) is 9.29. The number of ether oxygens (including phenoxy) is 2. The zero-order valence-electron chi connectivity index (χ0n) is 16.3. The van der Waals surface area contributed by atoms with Crippen LogP contribution in [0.4, 0.5) is 5.88 Å². The number of aromatic nitrogens is 1. The predicted molar refractivity (Wildman–Crippen MR) is 108 cm³/mol. The molecule has 0 aliphatic carbocycles. The largest absolute Gasteiger partial charge is 0.497 e. The maximum atomic E-state index is 13.4. The van der Waals surface area contributed by atoms with Crippen molar-refractivity contribution in [1.29, 1.82) is 0 Å². The van der Waals surface area contributed by atoms with Crippen molar-refractivity contribution in [2.45, 2.75) is 16.8 Å². The molecule has 2 aromatic carbocycles. The van der Waals surface area contributed by atoms with Gasteiger partial charge >= 0.3 is 0 Å². The number of oxazole rings is 1. The van der Waals surface area contributed by atoms with E-state index in [0.29, 0.717) is 32.1 Å². The highest BCUT2D eigenvalue weighted by Crippen LogP contribution is 2.36. The molecule has 0 unspecified atom stereocenters. The van der Waals surface area contributed by atoms with E-state index >= 15 is 0 Å². The second-order valence-corrected chi connectivity index (χ2v) is 8.59. The van der Waals surface area contributed by atoms with E-state index in [9.17, 15) is 8.42 Å². The molecule has 0 amide bonds. The smallest absolute Gasteiger partial charge is 0.236 e. The van der Waals surface area contributed by atoms with Crippen LogP contribution in [0.15, 0.2) is 62.9 Å². The number of nitrogens with zero attached hydrogens (tertiary/aromatic N) is 2. The summed E-state index contributed by atoms with van der Waals surface area (Å²) in [6.07, 6.45) is 0. The van der Waals surface area contributed by atoms with Gasteiger partial charge in [0.2, 0.25) is 26.6 Å². The number of morpholine rings is 1. The van der Waals surface area contributed by atoms with Gasteiger partial charge in [0.15, 0.2) is 0 Å². The van der Waals surface area contributed by atoms with Crippen LogP contribution in [0.5, 0.6) is 5.75 Å². The first-order chi connectivity index (χ1) is 14.0. The lowest BCUT2D eigenvalue weighted by Gasteiger charge is -2.26. The van der Waals surface area contributed by atoms with Gasteiger partial charge in [0.05, 0.1) is 25.2 Å². The van der Waals surface area contributed by atoms with E-state index in [4.69, 9.17) is 13.9 Å². The summed E-state index contributed by atoms with van der Waals surface area (Å²) in [5.41, 5.74) is 1.72. The standard InChI is InChI=1S/C21H22N2O5S/c1-15-5-3-4-6-18(15)19-22-20(21(28-19)23-11-13-27-14-12-23)29(24,25)17-9-7-16(26-2)8-10-17/h3-10H,11-14H2,1-2H3. The number of anilines is 1. The van der Waals surface area contributed by atoms with Crippen molar-refractivity contribution in [3.05, 3.63) is 54.1 Å². The fraction of sp³-hybridized carbons (Fsp3) is 0.286. The summed E-state index contributed by atoms with van der Waals surface area (Å²) < 4.78 is 43.4. The Morgan fingerprint density at radius 1 is 1.03 bits per heavy atom. The minimum Gasteiger partial charge on any atom is -0.497 e. The Bertz CT molecular complexity index is 1100. The molecular formula is C21H22N2O5S. The van der Waals surface area contributed by atoms with E-state index in [-0.39, 0.29) is 21.7 Å².